The number of rotatable bonds is 7. The molecule has 0 aliphatic heterocycles. The molecule has 0 saturated heterocycles. The molecule has 29 heavy (non-hydrogen) atoms. The summed E-state index contributed by atoms with van der Waals surface area (Å²) in [7, 11) is -2.46. The second-order valence-corrected chi connectivity index (χ2v) is 8.79. The van der Waals surface area contributed by atoms with Gasteiger partial charge >= 0.3 is 5.97 Å². The van der Waals surface area contributed by atoms with Crippen molar-refractivity contribution >= 4 is 37.5 Å². The maximum absolute atomic E-state index is 12.8. The van der Waals surface area contributed by atoms with Crippen molar-refractivity contribution < 1.29 is 22.7 Å². The largest absolute Gasteiger partial charge is 0.497 e. The lowest BCUT2D eigenvalue weighted by atomic mass is 10.2. The van der Waals surface area contributed by atoms with Crippen LogP contribution in [0.25, 0.3) is 10.2 Å². The predicted octanol–water partition coefficient (Wildman–Crippen LogP) is 3.13. The van der Waals surface area contributed by atoms with Crippen LogP contribution in [0.15, 0.2) is 51.8 Å². The van der Waals surface area contributed by atoms with Crippen LogP contribution >= 0.6 is 11.3 Å². The maximum Gasteiger partial charge on any atom is 0.326 e. The zero-order valence-corrected chi connectivity index (χ0v) is 18.0. The Balaban J connectivity index is 2.15. The Morgan fingerprint density at radius 2 is 1.86 bits per heavy atom. The number of thiazole rings is 1. The number of nitrogens with zero attached hydrogens (tertiary/aromatic N) is 2. The van der Waals surface area contributed by atoms with Gasteiger partial charge in [0, 0.05) is 0 Å². The minimum atomic E-state index is -3.97. The van der Waals surface area contributed by atoms with Gasteiger partial charge < -0.3 is 14.0 Å². The number of carbonyl (C=O) groups excluding carboxylic acids is 1. The van der Waals surface area contributed by atoms with Crippen molar-refractivity contribution in [3.8, 4) is 5.75 Å². The van der Waals surface area contributed by atoms with E-state index in [4.69, 9.17) is 9.47 Å². The van der Waals surface area contributed by atoms with E-state index >= 15 is 0 Å². The van der Waals surface area contributed by atoms with Gasteiger partial charge in [-0.05, 0) is 55.3 Å². The minimum Gasteiger partial charge on any atom is -0.497 e. The van der Waals surface area contributed by atoms with E-state index in [1.165, 1.54) is 30.6 Å². The first-order valence-electron chi connectivity index (χ1n) is 9.11. The highest BCUT2D eigenvalue weighted by Gasteiger charge is 2.17. The van der Waals surface area contributed by atoms with E-state index < -0.39 is 16.0 Å². The normalized spacial score (nSPS) is 12.3. The van der Waals surface area contributed by atoms with Gasteiger partial charge in [0.15, 0.2) is 0 Å². The third-order valence-electron chi connectivity index (χ3n) is 4.30. The smallest absolute Gasteiger partial charge is 0.326 e. The molecule has 0 saturated carbocycles. The van der Waals surface area contributed by atoms with E-state index in [9.17, 15) is 13.2 Å². The summed E-state index contributed by atoms with van der Waals surface area (Å²) in [5.41, 5.74) is 1.86. The summed E-state index contributed by atoms with van der Waals surface area (Å²) >= 11 is 1.23. The molecule has 3 aromatic rings. The number of esters is 1. The molecule has 1 heterocycles. The molecule has 154 valence electrons. The summed E-state index contributed by atoms with van der Waals surface area (Å²) in [5.74, 6) is 0.102. The first kappa shape index (κ1) is 21.1. The molecular formula is C20H22N2O5S2. The highest BCUT2D eigenvalue weighted by molar-refractivity contribution is 7.90. The molecule has 0 fully saturated rings. The number of sulfonamides is 1. The quantitative estimate of drug-likeness (QED) is 0.533. The third kappa shape index (κ3) is 4.68. The number of benzene rings is 2. The van der Waals surface area contributed by atoms with Gasteiger partial charge in [-0.3, -0.25) is 4.79 Å². The summed E-state index contributed by atoms with van der Waals surface area (Å²) in [6, 6.07) is 11.8. The number of hydrogen-bond acceptors (Lipinski definition) is 6. The Kier molecular flexibility index (Phi) is 6.39. The fourth-order valence-electron chi connectivity index (χ4n) is 2.80. The van der Waals surface area contributed by atoms with Gasteiger partial charge in [0.1, 0.15) is 12.3 Å². The standard InChI is InChI=1S/C20H22N2O5S2/c1-4-14-6-11-17-18(12-14)28-20(22(17)13-19(23)27-5-2)21-29(24,25)16-9-7-15(26-3)8-10-16/h6-12H,4-5,13H2,1-3H3. The first-order chi connectivity index (χ1) is 13.9. The van der Waals surface area contributed by atoms with Crippen molar-refractivity contribution in [2.75, 3.05) is 13.7 Å². The first-order valence-corrected chi connectivity index (χ1v) is 11.4. The van der Waals surface area contributed by atoms with Crippen LogP contribution in [-0.4, -0.2) is 32.7 Å². The number of hydrogen-bond donors (Lipinski definition) is 0. The highest BCUT2D eigenvalue weighted by atomic mass is 32.2. The number of aryl methyl sites for hydroxylation is 1. The van der Waals surface area contributed by atoms with Gasteiger partial charge in [0.05, 0.1) is 28.8 Å². The fourth-order valence-corrected chi connectivity index (χ4v) is 5.10. The minimum absolute atomic E-state index is 0.0488. The Bertz CT molecular complexity index is 1190. The number of carbonyl (C=O) groups is 1. The van der Waals surface area contributed by atoms with E-state index in [1.807, 2.05) is 25.1 Å². The molecule has 7 nitrogen and oxygen atoms in total. The average molecular weight is 435 g/mol. The van der Waals surface area contributed by atoms with Gasteiger partial charge in [0.25, 0.3) is 10.0 Å². The molecule has 0 bridgehead atoms. The molecule has 0 aliphatic carbocycles. The van der Waals surface area contributed by atoms with Crippen molar-refractivity contribution in [2.45, 2.75) is 31.7 Å². The molecule has 0 atom stereocenters. The van der Waals surface area contributed by atoms with Gasteiger partial charge in [-0.2, -0.15) is 8.42 Å². The molecular weight excluding hydrogens is 412 g/mol. The van der Waals surface area contributed by atoms with Crippen LogP contribution in [0.4, 0.5) is 0 Å². The third-order valence-corrected chi connectivity index (χ3v) is 6.74. The number of ether oxygens (including phenoxy) is 2. The fraction of sp³-hybridized carbons (Fsp3) is 0.300. The lowest BCUT2D eigenvalue weighted by molar-refractivity contribution is -0.143. The molecule has 9 heteroatoms. The van der Waals surface area contributed by atoms with Gasteiger partial charge in [-0.1, -0.05) is 24.3 Å². The summed E-state index contributed by atoms with van der Waals surface area (Å²) in [6.45, 7) is 3.90. The zero-order valence-electron chi connectivity index (χ0n) is 16.4. The lowest BCUT2D eigenvalue weighted by Gasteiger charge is -2.06. The van der Waals surface area contributed by atoms with Crippen LogP contribution in [0.1, 0.15) is 19.4 Å². The monoisotopic (exact) mass is 434 g/mol. The van der Waals surface area contributed by atoms with Crippen LogP contribution in [0, 0.1) is 0 Å². The molecule has 2 aromatic carbocycles. The molecule has 0 aliphatic rings. The van der Waals surface area contributed by atoms with Crippen LogP contribution in [0.5, 0.6) is 5.75 Å². The zero-order chi connectivity index (χ0) is 21.0. The van der Waals surface area contributed by atoms with E-state index in [1.54, 1.807) is 23.6 Å². The summed E-state index contributed by atoms with van der Waals surface area (Å²) in [6.07, 6.45) is 0.850. The molecule has 0 radical (unpaired) electrons. The van der Waals surface area contributed by atoms with Crippen LogP contribution in [0.3, 0.4) is 0 Å². The molecule has 0 unspecified atom stereocenters. The number of methoxy groups -OCH3 is 1. The van der Waals surface area contributed by atoms with Crippen molar-refractivity contribution in [3.05, 3.63) is 52.8 Å². The molecule has 1 aromatic heterocycles. The molecule has 0 N–H and O–H groups in total. The maximum atomic E-state index is 12.8. The SMILES string of the molecule is CCOC(=O)Cn1c(=NS(=O)(=O)c2ccc(OC)cc2)sc2cc(CC)ccc21. The number of fused-ring (bicyclic) bond motifs is 1. The van der Waals surface area contributed by atoms with E-state index in [0.29, 0.717) is 5.75 Å². The summed E-state index contributed by atoms with van der Waals surface area (Å²) in [5, 5.41) is 0. The average Bonchev–Trinajstić information content (AvgIpc) is 3.03. The number of aromatic nitrogens is 1. The van der Waals surface area contributed by atoms with Crippen LogP contribution in [-0.2, 0) is 32.5 Å². The van der Waals surface area contributed by atoms with Crippen LogP contribution in [0.2, 0.25) is 0 Å². The summed E-state index contributed by atoms with van der Waals surface area (Å²) in [4.78, 5) is 12.4. The Morgan fingerprint density at radius 1 is 1.14 bits per heavy atom. The Labute approximate surface area is 173 Å². The molecule has 0 spiro atoms. The lowest BCUT2D eigenvalue weighted by Crippen LogP contribution is -2.23. The van der Waals surface area contributed by atoms with Crippen LogP contribution < -0.4 is 9.54 Å². The second kappa shape index (κ2) is 8.79. The van der Waals surface area contributed by atoms with Crippen molar-refractivity contribution in [2.24, 2.45) is 4.40 Å². The molecule has 3 rings (SSSR count). The van der Waals surface area contributed by atoms with Crippen molar-refractivity contribution in [1.29, 1.82) is 0 Å². The Hall–Kier alpha value is -2.65. The predicted molar refractivity (Wildman–Crippen MR) is 112 cm³/mol. The summed E-state index contributed by atoms with van der Waals surface area (Å²) < 4.78 is 42.3. The second-order valence-electron chi connectivity index (χ2n) is 6.17. The van der Waals surface area contributed by atoms with Gasteiger partial charge in [-0.25, -0.2) is 0 Å². The topological polar surface area (TPSA) is 87.0 Å². The van der Waals surface area contributed by atoms with E-state index in [2.05, 4.69) is 4.40 Å². The highest BCUT2D eigenvalue weighted by Crippen LogP contribution is 2.21. The van der Waals surface area contributed by atoms with E-state index in [-0.39, 0.29) is 22.8 Å². The van der Waals surface area contributed by atoms with E-state index in [0.717, 1.165) is 22.2 Å². The van der Waals surface area contributed by atoms with Crippen molar-refractivity contribution in [3.63, 3.8) is 0 Å². The Morgan fingerprint density at radius 3 is 2.48 bits per heavy atom. The van der Waals surface area contributed by atoms with Crippen molar-refractivity contribution in [1.82, 2.24) is 4.57 Å². The van der Waals surface area contributed by atoms with Gasteiger partial charge in [-0.15, -0.1) is 4.40 Å². The van der Waals surface area contributed by atoms with Gasteiger partial charge in [0.2, 0.25) is 4.80 Å². The molecule has 0 amide bonds.